The first-order chi connectivity index (χ1) is 11.8. The number of fused-ring (bicyclic) bond motifs is 1. The molecule has 25 heavy (non-hydrogen) atoms. The molecule has 3 heterocycles. The van der Waals surface area contributed by atoms with Crippen LogP contribution in [0.25, 0.3) is 0 Å². The maximum atomic E-state index is 13.2. The van der Waals surface area contributed by atoms with Gasteiger partial charge in [-0.2, -0.15) is 18.3 Å². The second-order valence-electron chi connectivity index (χ2n) is 7.15. The molecule has 1 aromatic rings. The molecule has 5 nitrogen and oxygen atoms in total. The lowest BCUT2D eigenvalue weighted by Gasteiger charge is -2.37. The molecule has 1 saturated carbocycles. The highest BCUT2D eigenvalue weighted by molar-refractivity contribution is 9.10. The van der Waals surface area contributed by atoms with Crippen molar-refractivity contribution in [3.8, 4) is 0 Å². The highest BCUT2D eigenvalue weighted by Crippen LogP contribution is 2.47. The first kappa shape index (κ1) is 17.3. The van der Waals surface area contributed by atoms with E-state index < -0.39 is 11.9 Å². The zero-order valence-electron chi connectivity index (χ0n) is 13.7. The average molecular weight is 421 g/mol. The van der Waals surface area contributed by atoms with E-state index in [9.17, 15) is 18.0 Å². The smallest absolute Gasteiger partial charge is 0.338 e. The number of aromatic nitrogens is 2. The van der Waals surface area contributed by atoms with E-state index in [0.29, 0.717) is 24.8 Å². The van der Waals surface area contributed by atoms with Crippen molar-refractivity contribution in [1.82, 2.24) is 19.6 Å². The number of alkyl halides is 3. The SMILES string of the molecule is O=C(Cn1nc(C(F)(F)F)c(Br)c1C1CC1)N1CCN2CCCC2C1. The number of piperazine rings is 1. The fraction of sp³-hybridized carbons (Fsp3) is 0.750. The maximum Gasteiger partial charge on any atom is 0.436 e. The largest absolute Gasteiger partial charge is 0.436 e. The van der Waals surface area contributed by atoms with Crippen LogP contribution in [0.5, 0.6) is 0 Å². The molecule has 1 unspecified atom stereocenters. The first-order valence-corrected chi connectivity index (χ1v) is 9.49. The lowest BCUT2D eigenvalue weighted by molar-refractivity contribution is -0.143. The molecule has 0 bridgehead atoms. The summed E-state index contributed by atoms with van der Waals surface area (Å²) in [6.07, 6.45) is -0.596. The van der Waals surface area contributed by atoms with Crippen LogP contribution in [0, 0.1) is 0 Å². The Kier molecular flexibility index (Phi) is 4.34. The number of halogens is 4. The molecule has 138 valence electrons. The molecule has 4 rings (SSSR count). The Balaban J connectivity index is 1.53. The zero-order valence-corrected chi connectivity index (χ0v) is 15.3. The Bertz CT molecular complexity index is 686. The predicted octanol–water partition coefficient (Wildman–Crippen LogP) is 2.85. The van der Waals surface area contributed by atoms with Crippen LogP contribution in [-0.2, 0) is 17.5 Å². The standard InChI is InChI=1S/C16H20BrF3N4O/c17-13-14(10-3-4-10)24(21-15(13)16(18,19)20)9-12(25)23-7-6-22-5-1-2-11(22)8-23/h10-11H,1-9H2. The van der Waals surface area contributed by atoms with Gasteiger partial charge in [-0.3, -0.25) is 14.4 Å². The summed E-state index contributed by atoms with van der Waals surface area (Å²) >= 11 is 3.07. The van der Waals surface area contributed by atoms with Gasteiger partial charge in [0, 0.05) is 31.6 Å². The van der Waals surface area contributed by atoms with E-state index in [2.05, 4.69) is 25.9 Å². The molecule has 2 aliphatic heterocycles. The van der Waals surface area contributed by atoms with Crippen LogP contribution < -0.4 is 0 Å². The van der Waals surface area contributed by atoms with Gasteiger partial charge in [-0.1, -0.05) is 0 Å². The summed E-state index contributed by atoms with van der Waals surface area (Å²) in [7, 11) is 0. The van der Waals surface area contributed by atoms with Crippen molar-refractivity contribution in [2.24, 2.45) is 0 Å². The van der Waals surface area contributed by atoms with Gasteiger partial charge in [0.15, 0.2) is 5.69 Å². The van der Waals surface area contributed by atoms with E-state index in [4.69, 9.17) is 0 Å². The van der Waals surface area contributed by atoms with Crippen molar-refractivity contribution in [1.29, 1.82) is 0 Å². The monoisotopic (exact) mass is 420 g/mol. The number of rotatable bonds is 3. The van der Waals surface area contributed by atoms with Gasteiger partial charge in [-0.15, -0.1) is 0 Å². The first-order valence-electron chi connectivity index (χ1n) is 8.70. The zero-order chi connectivity index (χ0) is 17.8. The Morgan fingerprint density at radius 2 is 1.96 bits per heavy atom. The van der Waals surface area contributed by atoms with Gasteiger partial charge < -0.3 is 4.90 Å². The predicted molar refractivity (Wildman–Crippen MR) is 88.1 cm³/mol. The summed E-state index contributed by atoms with van der Waals surface area (Å²) in [4.78, 5) is 16.8. The van der Waals surface area contributed by atoms with Gasteiger partial charge in [0.05, 0.1) is 10.2 Å². The van der Waals surface area contributed by atoms with Crippen molar-refractivity contribution in [3.63, 3.8) is 0 Å². The molecular weight excluding hydrogens is 401 g/mol. The molecule has 0 aromatic carbocycles. The van der Waals surface area contributed by atoms with Crippen LogP contribution in [0.1, 0.15) is 43.0 Å². The number of hydrogen-bond acceptors (Lipinski definition) is 3. The van der Waals surface area contributed by atoms with E-state index in [1.54, 1.807) is 4.90 Å². The fourth-order valence-electron chi connectivity index (χ4n) is 3.95. The van der Waals surface area contributed by atoms with Gasteiger partial charge >= 0.3 is 6.18 Å². The van der Waals surface area contributed by atoms with Crippen LogP contribution in [-0.4, -0.2) is 57.7 Å². The van der Waals surface area contributed by atoms with Crippen LogP contribution in [0.4, 0.5) is 13.2 Å². The van der Waals surface area contributed by atoms with Crippen molar-refractivity contribution in [2.75, 3.05) is 26.2 Å². The van der Waals surface area contributed by atoms with Crippen LogP contribution in [0.15, 0.2) is 4.47 Å². The summed E-state index contributed by atoms with van der Waals surface area (Å²) in [5, 5.41) is 3.73. The molecule has 1 atom stereocenters. The van der Waals surface area contributed by atoms with E-state index >= 15 is 0 Å². The highest BCUT2D eigenvalue weighted by Gasteiger charge is 2.42. The second kappa shape index (κ2) is 6.26. The van der Waals surface area contributed by atoms with E-state index in [-0.39, 0.29) is 22.8 Å². The minimum absolute atomic E-state index is 0.00378. The lowest BCUT2D eigenvalue weighted by Crippen LogP contribution is -2.52. The van der Waals surface area contributed by atoms with Gasteiger partial charge in [0.25, 0.3) is 0 Å². The number of amides is 1. The number of hydrogen-bond donors (Lipinski definition) is 0. The van der Waals surface area contributed by atoms with Crippen LogP contribution in [0.3, 0.4) is 0 Å². The van der Waals surface area contributed by atoms with Crippen molar-refractivity contribution in [3.05, 3.63) is 15.9 Å². The van der Waals surface area contributed by atoms with Gasteiger partial charge in [0.2, 0.25) is 5.91 Å². The fourth-order valence-corrected chi connectivity index (χ4v) is 4.78. The van der Waals surface area contributed by atoms with E-state index in [1.165, 1.54) is 4.68 Å². The molecule has 2 saturated heterocycles. The molecule has 0 N–H and O–H groups in total. The lowest BCUT2D eigenvalue weighted by atomic mass is 10.1. The topological polar surface area (TPSA) is 41.4 Å². The Morgan fingerprint density at radius 1 is 1.20 bits per heavy atom. The molecular formula is C16H20BrF3N4O. The quantitative estimate of drug-likeness (QED) is 0.754. The third-order valence-electron chi connectivity index (χ3n) is 5.39. The molecule has 9 heteroatoms. The molecule has 0 radical (unpaired) electrons. The minimum Gasteiger partial charge on any atom is -0.338 e. The average Bonchev–Trinajstić information content (AvgIpc) is 3.16. The summed E-state index contributed by atoms with van der Waals surface area (Å²) in [6.45, 7) is 3.13. The summed E-state index contributed by atoms with van der Waals surface area (Å²) < 4.78 is 40.7. The van der Waals surface area contributed by atoms with Crippen LogP contribution in [0.2, 0.25) is 0 Å². The molecule has 1 aromatic heterocycles. The van der Waals surface area contributed by atoms with Crippen molar-refractivity contribution < 1.29 is 18.0 Å². The van der Waals surface area contributed by atoms with Gasteiger partial charge in [0.1, 0.15) is 6.54 Å². The van der Waals surface area contributed by atoms with Crippen LogP contribution >= 0.6 is 15.9 Å². The summed E-state index contributed by atoms with van der Waals surface area (Å²) in [6, 6.07) is 0.399. The molecule has 1 amide bonds. The molecule has 3 fully saturated rings. The van der Waals surface area contributed by atoms with Gasteiger partial charge in [-0.25, -0.2) is 0 Å². The second-order valence-corrected chi connectivity index (χ2v) is 7.94. The Labute approximate surface area is 152 Å². The molecule has 1 aliphatic carbocycles. The summed E-state index contributed by atoms with van der Waals surface area (Å²) in [5.74, 6) is -0.0744. The Hall–Kier alpha value is -1.09. The summed E-state index contributed by atoms with van der Waals surface area (Å²) in [5.41, 5.74) is -0.414. The Morgan fingerprint density at radius 3 is 2.64 bits per heavy atom. The number of nitrogens with zero attached hydrogens (tertiary/aromatic N) is 4. The number of carbonyl (C=O) groups excluding carboxylic acids is 1. The van der Waals surface area contributed by atoms with E-state index in [1.807, 2.05) is 0 Å². The highest BCUT2D eigenvalue weighted by atomic mass is 79.9. The normalized spacial score (nSPS) is 24.6. The third kappa shape index (κ3) is 3.32. The number of carbonyl (C=O) groups is 1. The maximum absolute atomic E-state index is 13.2. The van der Waals surface area contributed by atoms with Gasteiger partial charge in [-0.05, 0) is 48.2 Å². The third-order valence-corrected chi connectivity index (χ3v) is 6.17. The van der Waals surface area contributed by atoms with Crippen molar-refractivity contribution >= 4 is 21.8 Å². The molecule has 3 aliphatic rings. The van der Waals surface area contributed by atoms with Crippen molar-refractivity contribution in [2.45, 2.75) is 50.4 Å². The molecule has 0 spiro atoms. The minimum atomic E-state index is -4.52. The van der Waals surface area contributed by atoms with E-state index in [0.717, 1.165) is 38.8 Å².